The third kappa shape index (κ3) is 3.49. The van der Waals surface area contributed by atoms with Crippen molar-refractivity contribution in [2.75, 3.05) is 11.9 Å². The molecular formula is C10H9N5O4. The number of nitrogens with one attached hydrogen (secondary N) is 2. The average molecular weight is 263 g/mol. The number of rotatable bonds is 5. The molecule has 1 aromatic heterocycles. The highest BCUT2D eigenvalue weighted by Crippen LogP contribution is 2.17. The Balaban J connectivity index is 1.84. The van der Waals surface area contributed by atoms with Crippen molar-refractivity contribution in [3.8, 4) is 5.75 Å². The summed E-state index contributed by atoms with van der Waals surface area (Å²) < 4.78 is 5.15. The van der Waals surface area contributed by atoms with Gasteiger partial charge in [-0.15, -0.1) is 0 Å². The summed E-state index contributed by atoms with van der Waals surface area (Å²) in [6.45, 7) is -0.238. The van der Waals surface area contributed by atoms with E-state index in [1.807, 2.05) is 0 Å². The molecule has 0 saturated carbocycles. The third-order valence-electron chi connectivity index (χ3n) is 2.09. The number of anilines is 1. The van der Waals surface area contributed by atoms with E-state index in [9.17, 15) is 14.9 Å². The summed E-state index contributed by atoms with van der Waals surface area (Å²) in [5.41, 5.74) is -0.0431. The molecule has 0 bridgehead atoms. The van der Waals surface area contributed by atoms with Gasteiger partial charge in [0.1, 0.15) is 12.1 Å². The van der Waals surface area contributed by atoms with Crippen LogP contribution in [0.1, 0.15) is 0 Å². The number of carbonyl (C=O) groups is 1. The van der Waals surface area contributed by atoms with Crippen LogP contribution in [-0.2, 0) is 4.79 Å². The fourth-order valence-electron chi connectivity index (χ4n) is 1.25. The van der Waals surface area contributed by atoms with Gasteiger partial charge in [0.25, 0.3) is 11.6 Å². The van der Waals surface area contributed by atoms with Crippen LogP contribution in [0.3, 0.4) is 0 Å². The van der Waals surface area contributed by atoms with Crippen LogP contribution < -0.4 is 10.1 Å². The molecule has 0 aliphatic carbocycles. The molecule has 2 aromatic rings. The van der Waals surface area contributed by atoms with Crippen molar-refractivity contribution >= 4 is 17.5 Å². The van der Waals surface area contributed by atoms with E-state index in [4.69, 9.17) is 4.74 Å². The minimum atomic E-state index is -0.513. The van der Waals surface area contributed by atoms with E-state index in [1.165, 1.54) is 30.6 Å². The highest BCUT2D eigenvalue weighted by Gasteiger charge is 2.07. The largest absolute Gasteiger partial charge is 0.484 e. The molecule has 1 amide bonds. The van der Waals surface area contributed by atoms with Gasteiger partial charge < -0.3 is 4.74 Å². The highest BCUT2D eigenvalue weighted by atomic mass is 16.6. The molecule has 0 unspecified atom stereocenters. The highest BCUT2D eigenvalue weighted by molar-refractivity contribution is 5.90. The Kier molecular flexibility index (Phi) is 3.67. The standard InChI is InChI=1S/C10H9N5O4/c16-9(13-10-11-6-12-14-10)5-19-8-3-1-7(2-4-8)15(17)18/h1-4,6H,5H2,(H2,11,12,13,14,16). The molecule has 9 heteroatoms. The quantitative estimate of drug-likeness (QED) is 0.605. The van der Waals surface area contributed by atoms with E-state index in [2.05, 4.69) is 20.5 Å². The Bertz CT molecular complexity index is 566. The fourth-order valence-corrected chi connectivity index (χ4v) is 1.25. The Morgan fingerprint density at radius 3 is 2.74 bits per heavy atom. The molecule has 19 heavy (non-hydrogen) atoms. The second-order valence-electron chi connectivity index (χ2n) is 3.42. The molecule has 0 atom stereocenters. The Labute approximate surface area is 106 Å². The Hall–Kier alpha value is -2.97. The maximum absolute atomic E-state index is 11.4. The number of nitrogens with zero attached hydrogens (tertiary/aromatic N) is 3. The van der Waals surface area contributed by atoms with E-state index in [0.717, 1.165) is 0 Å². The second-order valence-corrected chi connectivity index (χ2v) is 3.42. The van der Waals surface area contributed by atoms with E-state index < -0.39 is 10.8 Å². The summed E-state index contributed by atoms with van der Waals surface area (Å²) in [6, 6.07) is 5.42. The molecule has 0 saturated heterocycles. The van der Waals surface area contributed by atoms with E-state index in [0.29, 0.717) is 5.75 Å². The molecule has 0 fully saturated rings. The number of nitro benzene ring substituents is 1. The van der Waals surface area contributed by atoms with Crippen molar-refractivity contribution in [1.82, 2.24) is 15.2 Å². The van der Waals surface area contributed by atoms with Crippen LogP contribution in [0.15, 0.2) is 30.6 Å². The van der Waals surface area contributed by atoms with E-state index >= 15 is 0 Å². The smallest absolute Gasteiger partial charge is 0.269 e. The molecule has 0 radical (unpaired) electrons. The molecule has 0 aliphatic rings. The lowest BCUT2D eigenvalue weighted by Gasteiger charge is -2.05. The van der Waals surface area contributed by atoms with Gasteiger partial charge in [-0.1, -0.05) is 0 Å². The second kappa shape index (κ2) is 5.58. The van der Waals surface area contributed by atoms with Gasteiger partial charge in [0, 0.05) is 12.1 Å². The van der Waals surface area contributed by atoms with Crippen molar-refractivity contribution in [2.24, 2.45) is 0 Å². The SMILES string of the molecule is O=C(COc1ccc([N+](=O)[O-])cc1)Nc1ncn[nH]1. The summed E-state index contributed by atoms with van der Waals surface area (Å²) in [5.74, 6) is 0.158. The van der Waals surface area contributed by atoms with Crippen LogP contribution >= 0.6 is 0 Å². The van der Waals surface area contributed by atoms with Gasteiger partial charge in [-0.2, -0.15) is 10.1 Å². The number of amides is 1. The summed E-state index contributed by atoms with van der Waals surface area (Å²) in [6.07, 6.45) is 1.26. The number of H-pyrrole nitrogens is 1. The summed E-state index contributed by atoms with van der Waals surface area (Å²) in [4.78, 5) is 25.1. The first-order valence-corrected chi connectivity index (χ1v) is 5.17. The minimum absolute atomic E-state index is 0.0431. The van der Waals surface area contributed by atoms with E-state index in [1.54, 1.807) is 0 Å². The number of carbonyl (C=O) groups excluding carboxylic acids is 1. The van der Waals surface area contributed by atoms with Crippen LogP contribution in [0.2, 0.25) is 0 Å². The molecule has 1 aromatic carbocycles. The number of benzene rings is 1. The van der Waals surface area contributed by atoms with Crippen molar-refractivity contribution in [1.29, 1.82) is 0 Å². The first kappa shape index (κ1) is 12.5. The number of ether oxygens (including phenoxy) is 1. The minimum Gasteiger partial charge on any atom is -0.484 e. The lowest BCUT2D eigenvalue weighted by atomic mass is 10.3. The van der Waals surface area contributed by atoms with Crippen LogP contribution in [0.4, 0.5) is 11.6 Å². The van der Waals surface area contributed by atoms with Crippen LogP contribution in [-0.4, -0.2) is 32.6 Å². The summed E-state index contributed by atoms with van der Waals surface area (Å²) in [7, 11) is 0. The Morgan fingerprint density at radius 2 is 2.16 bits per heavy atom. The number of aromatic nitrogens is 3. The van der Waals surface area contributed by atoms with Gasteiger partial charge in [0.05, 0.1) is 4.92 Å². The lowest BCUT2D eigenvalue weighted by molar-refractivity contribution is -0.384. The summed E-state index contributed by atoms with van der Waals surface area (Å²) >= 11 is 0. The van der Waals surface area contributed by atoms with Crippen LogP contribution in [0.25, 0.3) is 0 Å². The Morgan fingerprint density at radius 1 is 1.42 bits per heavy atom. The number of hydrogen-bond donors (Lipinski definition) is 2. The van der Waals surface area contributed by atoms with Crippen molar-refractivity contribution in [3.63, 3.8) is 0 Å². The first-order valence-electron chi connectivity index (χ1n) is 5.17. The number of non-ortho nitro benzene ring substituents is 1. The van der Waals surface area contributed by atoms with Gasteiger partial charge in [-0.3, -0.25) is 20.2 Å². The van der Waals surface area contributed by atoms with Gasteiger partial charge in [0.15, 0.2) is 6.61 Å². The predicted molar refractivity (Wildman–Crippen MR) is 63.6 cm³/mol. The number of aromatic amines is 1. The molecule has 98 valence electrons. The molecule has 2 rings (SSSR count). The zero-order chi connectivity index (χ0) is 13.7. The van der Waals surface area contributed by atoms with Gasteiger partial charge in [-0.25, -0.2) is 5.10 Å². The fraction of sp³-hybridized carbons (Fsp3) is 0.100. The number of hydrogen-bond acceptors (Lipinski definition) is 6. The molecule has 0 aliphatic heterocycles. The average Bonchev–Trinajstić information content (AvgIpc) is 2.89. The maximum Gasteiger partial charge on any atom is 0.269 e. The lowest BCUT2D eigenvalue weighted by Crippen LogP contribution is -2.20. The van der Waals surface area contributed by atoms with Gasteiger partial charge in [0.2, 0.25) is 5.95 Å². The number of nitro groups is 1. The molecule has 1 heterocycles. The monoisotopic (exact) mass is 263 g/mol. The van der Waals surface area contributed by atoms with Crippen molar-refractivity contribution in [2.45, 2.75) is 0 Å². The van der Waals surface area contributed by atoms with Crippen LogP contribution in [0.5, 0.6) is 5.75 Å². The predicted octanol–water partition coefficient (Wildman–Crippen LogP) is 0.730. The molecular weight excluding hydrogens is 254 g/mol. The zero-order valence-electron chi connectivity index (χ0n) is 9.57. The van der Waals surface area contributed by atoms with Crippen LogP contribution in [0, 0.1) is 10.1 Å². The van der Waals surface area contributed by atoms with Gasteiger partial charge >= 0.3 is 0 Å². The third-order valence-corrected chi connectivity index (χ3v) is 2.09. The topological polar surface area (TPSA) is 123 Å². The van der Waals surface area contributed by atoms with Gasteiger partial charge in [-0.05, 0) is 12.1 Å². The van der Waals surface area contributed by atoms with Crippen molar-refractivity contribution in [3.05, 3.63) is 40.7 Å². The zero-order valence-corrected chi connectivity index (χ0v) is 9.57. The first-order chi connectivity index (χ1) is 9.15. The normalized spacial score (nSPS) is 9.89. The molecule has 9 nitrogen and oxygen atoms in total. The summed E-state index contributed by atoms with van der Waals surface area (Å²) in [5, 5.41) is 18.9. The molecule has 0 spiro atoms. The van der Waals surface area contributed by atoms with E-state index in [-0.39, 0.29) is 18.2 Å². The van der Waals surface area contributed by atoms with Crippen molar-refractivity contribution < 1.29 is 14.5 Å². The molecule has 2 N–H and O–H groups in total. The maximum atomic E-state index is 11.4.